The molecule has 2 fully saturated rings. The number of fused-ring (bicyclic) bond motifs is 1. The molecule has 1 amide bonds. The van der Waals surface area contributed by atoms with E-state index in [-0.39, 0.29) is 11.9 Å². The van der Waals surface area contributed by atoms with E-state index >= 15 is 0 Å². The first-order valence-corrected chi connectivity index (χ1v) is 9.23. The number of anilines is 1. The first kappa shape index (κ1) is 16.5. The van der Waals surface area contributed by atoms with Gasteiger partial charge in [-0.1, -0.05) is 18.2 Å². The minimum Gasteiger partial charge on any atom is -0.381 e. The number of para-hydroxylation sites is 1. The molecule has 0 aliphatic carbocycles. The number of amides is 1. The summed E-state index contributed by atoms with van der Waals surface area (Å²) < 4.78 is 5.48. The zero-order chi connectivity index (χ0) is 17.2. The van der Waals surface area contributed by atoms with Gasteiger partial charge in [0.15, 0.2) is 0 Å². The SMILES string of the molecule is Cc1cc(NC(=O)[C@@H]2CCCN2C2CCOCC2)c2ccccc2n1. The number of nitrogens with one attached hydrogen (secondary N) is 1. The van der Waals surface area contributed by atoms with E-state index in [1.165, 1.54) is 0 Å². The zero-order valence-electron chi connectivity index (χ0n) is 14.7. The van der Waals surface area contributed by atoms with E-state index in [0.717, 1.165) is 67.7 Å². The number of aromatic nitrogens is 1. The van der Waals surface area contributed by atoms with Gasteiger partial charge in [-0.05, 0) is 51.3 Å². The predicted molar refractivity (Wildman–Crippen MR) is 98.7 cm³/mol. The number of pyridine rings is 1. The van der Waals surface area contributed by atoms with Gasteiger partial charge in [0.25, 0.3) is 0 Å². The van der Waals surface area contributed by atoms with Gasteiger partial charge in [0, 0.05) is 30.3 Å². The highest BCUT2D eigenvalue weighted by Crippen LogP contribution is 2.28. The van der Waals surface area contributed by atoms with E-state index in [2.05, 4.69) is 15.2 Å². The first-order valence-electron chi connectivity index (χ1n) is 9.23. The van der Waals surface area contributed by atoms with Crippen LogP contribution in [0.25, 0.3) is 10.9 Å². The Bertz CT molecular complexity index is 771. The predicted octanol–water partition coefficient (Wildman–Crippen LogP) is 3.13. The number of carbonyl (C=O) groups is 1. The molecule has 1 N–H and O–H groups in total. The Morgan fingerprint density at radius 3 is 2.88 bits per heavy atom. The van der Waals surface area contributed by atoms with Crippen molar-refractivity contribution in [3.8, 4) is 0 Å². The van der Waals surface area contributed by atoms with Crippen LogP contribution in [0.4, 0.5) is 5.69 Å². The van der Waals surface area contributed by atoms with Crippen molar-refractivity contribution in [2.45, 2.75) is 44.7 Å². The van der Waals surface area contributed by atoms with Crippen LogP contribution in [-0.2, 0) is 9.53 Å². The Labute approximate surface area is 148 Å². The minimum atomic E-state index is -0.0321. The van der Waals surface area contributed by atoms with Crippen molar-refractivity contribution in [2.75, 3.05) is 25.1 Å². The summed E-state index contributed by atoms with van der Waals surface area (Å²) in [5, 5.41) is 4.18. The van der Waals surface area contributed by atoms with Gasteiger partial charge in [-0.25, -0.2) is 0 Å². The van der Waals surface area contributed by atoms with E-state index < -0.39 is 0 Å². The van der Waals surface area contributed by atoms with E-state index in [4.69, 9.17) is 4.74 Å². The topological polar surface area (TPSA) is 54.5 Å². The quantitative estimate of drug-likeness (QED) is 0.933. The number of rotatable bonds is 3. The molecular formula is C20H25N3O2. The molecule has 0 bridgehead atoms. The van der Waals surface area contributed by atoms with Crippen molar-refractivity contribution < 1.29 is 9.53 Å². The fraction of sp³-hybridized carbons (Fsp3) is 0.500. The Hall–Kier alpha value is -1.98. The van der Waals surface area contributed by atoms with Crippen LogP contribution in [0.3, 0.4) is 0 Å². The smallest absolute Gasteiger partial charge is 0.241 e. The molecule has 4 rings (SSSR count). The van der Waals surface area contributed by atoms with Crippen LogP contribution in [0.1, 0.15) is 31.4 Å². The third-order valence-corrected chi connectivity index (χ3v) is 5.36. The molecule has 1 aromatic carbocycles. The zero-order valence-corrected chi connectivity index (χ0v) is 14.7. The molecule has 2 aromatic rings. The number of hydrogen-bond donors (Lipinski definition) is 1. The third-order valence-electron chi connectivity index (χ3n) is 5.36. The van der Waals surface area contributed by atoms with Crippen molar-refractivity contribution in [1.29, 1.82) is 0 Å². The number of ether oxygens (including phenoxy) is 1. The molecule has 0 radical (unpaired) electrons. The molecule has 2 aliphatic rings. The maximum Gasteiger partial charge on any atom is 0.241 e. The molecule has 1 atom stereocenters. The molecule has 3 heterocycles. The maximum atomic E-state index is 13.0. The van der Waals surface area contributed by atoms with E-state index in [1.54, 1.807) is 0 Å². The van der Waals surface area contributed by atoms with E-state index in [0.29, 0.717) is 6.04 Å². The van der Waals surface area contributed by atoms with Gasteiger partial charge in [0.1, 0.15) is 0 Å². The minimum absolute atomic E-state index is 0.0321. The first-order chi connectivity index (χ1) is 12.2. The number of aryl methyl sites for hydroxylation is 1. The summed E-state index contributed by atoms with van der Waals surface area (Å²) in [5.41, 5.74) is 2.71. The number of carbonyl (C=O) groups excluding carboxylic acids is 1. The second-order valence-corrected chi connectivity index (χ2v) is 7.06. The second kappa shape index (κ2) is 7.10. The normalized spacial score (nSPS) is 22.4. The summed E-state index contributed by atoms with van der Waals surface area (Å²) in [4.78, 5) is 20.0. The number of nitrogens with zero attached hydrogens (tertiary/aromatic N) is 2. The Kier molecular flexibility index (Phi) is 4.68. The van der Waals surface area contributed by atoms with Crippen LogP contribution in [0.2, 0.25) is 0 Å². The summed E-state index contributed by atoms with van der Waals surface area (Å²) >= 11 is 0. The standard InChI is InChI=1S/C20H25N3O2/c1-14-13-18(16-5-2-3-6-17(16)21-14)22-20(24)19-7-4-10-23(19)15-8-11-25-12-9-15/h2-3,5-6,13,15,19H,4,7-12H2,1H3,(H,21,22,24)/t19-/m0/s1. The molecule has 2 aliphatic heterocycles. The lowest BCUT2D eigenvalue weighted by Crippen LogP contribution is -2.47. The van der Waals surface area contributed by atoms with Crippen LogP contribution in [-0.4, -0.2) is 47.6 Å². The van der Waals surface area contributed by atoms with Crippen molar-refractivity contribution in [1.82, 2.24) is 9.88 Å². The molecule has 1 aromatic heterocycles. The summed E-state index contributed by atoms with van der Waals surface area (Å²) in [6.07, 6.45) is 4.08. The second-order valence-electron chi connectivity index (χ2n) is 7.06. The fourth-order valence-electron chi connectivity index (χ4n) is 4.15. The molecule has 2 saturated heterocycles. The molecule has 5 nitrogen and oxygen atoms in total. The van der Waals surface area contributed by atoms with E-state index in [1.807, 2.05) is 37.3 Å². The highest BCUT2D eigenvalue weighted by molar-refractivity contribution is 6.03. The van der Waals surface area contributed by atoms with Gasteiger partial charge >= 0.3 is 0 Å². The van der Waals surface area contributed by atoms with Crippen molar-refractivity contribution >= 4 is 22.5 Å². The van der Waals surface area contributed by atoms with Crippen LogP contribution < -0.4 is 5.32 Å². The molecular weight excluding hydrogens is 314 g/mol. The summed E-state index contributed by atoms with van der Waals surface area (Å²) in [6, 6.07) is 10.4. The lowest BCUT2D eigenvalue weighted by molar-refractivity contribution is -0.121. The highest BCUT2D eigenvalue weighted by Gasteiger charge is 2.36. The monoisotopic (exact) mass is 339 g/mol. The number of hydrogen-bond acceptors (Lipinski definition) is 4. The van der Waals surface area contributed by atoms with Crippen molar-refractivity contribution in [3.05, 3.63) is 36.0 Å². The van der Waals surface area contributed by atoms with Crippen LogP contribution in [0, 0.1) is 6.92 Å². The molecule has 0 unspecified atom stereocenters. The van der Waals surface area contributed by atoms with Gasteiger partial charge in [0.2, 0.25) is 5.91 Å². The van der Waals surface area contributed by atoms with Crippen LogP contribution >= 0.6 is 0 Å². The molecule has 0 saturated carbocycles. The molecule has 132 valence electrons. The average Bonchev–Trinajstić information content (AvgIpc) is 3.12. The fourth-order valence-corrected chi connectivity index (χ4v) is 4.15. The van der Waals surface area contributed by atoms with Crippen LogP contribution in [0.15, 0.2) is 30.3 Å². The van der Waals surface area contributed by atoms with Gasteiger partial charge in [0.05, 0.1) is 17.2 Å². The van der Waals surface area contributed by atoms with Crippen LogP contribution in [0.5, 0.6) is 0 Å². The molecule has 5 heteroatoms. The maximum absolute atomic E-state index is 13.0. The van der Waals surface area contributed by atoms with Crippen molar-refractivity contribution in [3.63, 3.8) is 0 Å². The largest absolute Gasteiger partial charge is 0.381 e. The van der Waals surface area contributed by atoms with Crippen molar-refractivity contribution in [2.24, 2.45) is 0 Å². The molecule has 25 heavy (non-hydrogen) atoms. The van der Waals surface area contributed by atoms with Gasteiger partial charge in [-0.15, -0.1) is 0 Å². The average molecular weight is 339 g/mol. The third kappa shape index (κ3) is 3.39. The summed E-state index contributed by atoms with van der Waals surface area (Å²) in [7, 11) is 0. The summed E-state index contributed by atoms with van der Waals surface area (Å²) in [6.45, 7) is 4.60. The Balaban J connectivity index is 1.55. The van der Waals surface area contributed by atoms with Gasteiger partial charge < -0.3 is 10.1 Å². The Morgan fingerprint density at radius 2 is 2.04 bits per heavy atom. The van der Waals surface area contributed by atoms with Gasteiger partial charge in [-0.3, -0.25) is 14.7 Å². The van der Waals surface area contributed by atoms with Gasteiger partial charge in [-0.2, -0.15) is 0 Å². The molecule has 0 spiro atoms. The Morgan fingerprint density at radius 1 is 1.24 bits per heavy atom. The number of likely N-dealkylation sites (tertiary alicyclic amines) is 1. The highest BCUT2D eigenvalue weighted by atomic mass is 16.5. The lowest BCUT2D eigenvalue weighted by Gasteiger charge is -2.34. The van der Waals surface area contributed by atoms with E-state index in [9.17, 15) is 4.79 Å². The summed E-state index contributed by atoms with van der Waals surface area (Å²) in [5.74, 6) is 0.111. The number of benzene rings is 1. The lowest BCUT2D eigenvalue weighted by atomic mass is 10.1.